The Morgan fingerprint density at radius 1 is 1.41 bits per heavy atom. The number of thiophene rings is 1. The highest BCUT2D eigenvalue weighted by Crippen LogP contribution is 2.31. The monoisotopic (exact) mass is 337 g/mol. The van der Waals surface area contributed by atoms with Crippen LogP contribution in [0.4, 0.5) is 0 Å². The van der Waals surface area contributed by atoms with E-state index in [9.17, 15) is 4.79 Å². The van der Waals surface area contributed by atoms with Gasteiger partial charge in [-0.2, -0.15) is 0 Å². The Morgan fingerprint density at radius 2 is 2.23 bits per heavy atom. The van der Waals surface area contributed by atoms with E-state index in [-0.39, 0.29) is 17.3 Å². The van der Waals surface area contributed by atoms with Crippen molar-refractivity contribution in [1.82, 2.24) is 15.2 Å². The van der Waals surface area contributed by atoms with E-state index >= 15 is 0 Å². The van der Waals surface area contributed by atoms with Crippen molar-refractivity contribution in [3.8, 4) is 10.6 Å². The fourth-order valence-corrected chi connectivity index (χ4v) is 4.31. The van der Waals surface area contributed by atoms with E-state index in [1.165, 1.54) is 37.3 Å². The minimum Gasteiger partial charge on any atom is -0.427 e. The molecule has 3 fully saturated rings. The number of halogens is 1. The van der Waals surface area contributed by atoms with Gasteiger partial charge in [-0.25, -0.2) is 4.98 Å². The highest BCUT2D eigenvalue weighted by molar-refractivity contribution is 7.17. The van der Waals surface area contributed by atoms with Gasteiger partial charge in [-0.3, -0.25) is 4.79 Å². The Hall–Kier alpha value is -1.37. The van der Waals surface area contributed by atoms with Gasteiger partial charge >= 0.3 is 0 Å². The summed E-state index contributed by atoms with van der Waals surface area (Å²) >= 11 is 7.09. The molecule has 1 atom stereocenters. The second-order valence-corrected chi connectivity index (χ2v) is 7.27. The average molecular weight is 338 g/mol. The van der Waals surface area contributed by atoms with Crippen molar-refractivity contribution in [2.24, 2.45) is 5.92 Å². The first kappa shape index (κ1) is 14.2. The van der Waals surface area contributed by atoms with Gasteiger partial charge in [-0.1, -0.05) is 0 Å². The van der Waals surface area contributed by atoms with Crippen LogP contribution < -0.4 is 5.32 Å². The summed E-state index contributed by atoms with van der Waals surface area (Å²) in [5, 5.41) is 3.31. The first-order chi connectivity index (χ1) is 10.7. The van der Waals surface area contributed by atoms with E-state index in [0.29, 0.717) is 16.6 Å². The smallest absolute Gasteiger partial charge is 0.292 e. The third-order valence-electron chi connectivity index (χ3n) is 4.52. The molecule has 3 saturated heterocycles. The number of piperidine rings is 3. The lowest BCUT2D eigenvalue weighted by molar-refractivity contribution is 0.0622. The number of hydrogen-bond donors (Lipinski definition) is 1. The van der Waals surface area contributed by atoms with Gasteiger partial charge < -0.3 is 14.6 Å². The van der Waals surface area contributed by atoms with Gasteiger partial charge in [0.25, 0.3) is 11.3 Å². The Bertz CT molecular complexity index is 691. The van der Waals surface area contributed by atoms with Gasteiger partial charge in [0.15, 0.2) is 5.76 Å². The van der Waals surface area contributed by atoms with Gasteiger partial charge in [0, 0.05) is 12.6 Å². The van der Waals surface area contributed by atoms with Crippen LogP contribution in [-0.4, -0.2) is 41.5 Å². The molecular formula is C15H16ClN3O2S. The summed E-state index contributed by atoms with van der Waals surface area (Å²) in [4.78, 5) is 20.3. The lowest BCUT2D eigenvalue weighted by atomic mass is 9.84. The zero-order valence-electron chi connectivity index (χ0n) is 11.9. The SMILES string of the molecule is O=C(NC1CN2CCC1CC2)c1ccc(-c2cnc(Cl)o2)s1. The third kappa shape index (κ3) is 2.66. The highest BCUT2D eigenvalue weighted by atomic mass is 35.5. The van der Waals surface area contributed by atoms with E-state index in [1.807, 2.05) is 12.1 Å². The molecule has 116 valence electrons. The van der Waals surface area contributed by atoms with Crippen LogP contribution in [-0.2, 0) is 0 Å². The Labute approximate surface area is 137 Å². The van der Waals surface area contributed by atoms with Gasteiger partial charge in [-0.15, -0.1) is 11.3 Å². The van der Waals surface area contributed by atoms with Crippen LogP contribution >= 0.6 is 22.9 Å². The first-order valence-corrected chi connectivity index (χ1v) is 8.63. The van der Waals surface area contributed by atoms with Gasteiger partial charge in [0.2, 0.25) is 0 Å². The minimum atomic E-state index is 0.000567. The number of carbonyl (C=O) groups excluding carboxylic acids is 1. The standard InChI is InChI=1S/C15H16ClN3O2S/c16-15-17-7-11(21-15)12-1-2-13(22-12)14(20)18-10-8-19-5-3-9(10)4-6-19/h1-2,7,9-10H,3-6,8H2,(H,18,20). The maximum absolute atomic E-state index is 12.4. The van der Waals surface area contributed by atoms with Gasteiger partial charge in [-0.05, 0) is 55.6 Å². The second-order valence-electron chi connectivity index (χ2n) is 5.86. The molecule has 5 nitrogen and oxygen atoms in total. The number of rotatable bonds is 3. The molecule has 3 aliphatic rings. The summed E-state index contributed by atoms with van der Waals surface area (Å²) in [5.74, 6) is 1.22. The summed E-state index contributed by atoms with van der Waals surface area (Å²) in [6.07, 6.45) is 3.96. The van der Waals surface area contributed by atoms with Crippen LogP contribution in [0.1, 0.15) is 22.5 Å². The number of nitrogens with one attached hydrogen (secondary N) is 1. The zero-order valence-corrected chi connectivity index (χ0v) is 13.5. The molecule has 1 unspecified atom stereocenters. The van der Waals surface area contributed by atoms with Crippen LogP contribution in [0.5, 0.6) is 0 Å². The number of hydrogen-bond acceptors (Lipinski definition) is 5. The van der Waals surface area contributed by atoms with Crippen LogP contribution in [0.3, 0.4) is 0 Å². The number of nitrogens with zero attached hydrogens (tertiary/aromatic N) is 2. The molecule has 5 rings (SSSR count). The molecule has 22 heavy (non-hydrogen) atoms. The number of carbonyl (C=O) groups is 1. The van der Waals surface area contributed by atoms with E-state index in [4.69, 9.17) is 16.0 Å². The van der Waals surface area contributed by atoms with E-state index in [0.717, 1.165) is 11.4 Å². The highest BCUT2D eigenvalue weighted by Gasteiger charge is 2.35. The van der Waals surface area contributed by atoms with Crippen LogP contribution in [0.25, 0.3) is 10.6 Å². The molecule has 5 heterocycles. The Morgan fingerprint density at radius 3 is 2.86 bits per heavy atom. The number of amides is 1. The van der Waals surface area contributed by atoms with Gasteiger partial charge in [0.05, 0.1) is 16.0 Å². The van der Waals surface area contributed by atoms with Crippen molar-refractivity contribution in [2.75, 3.05) is 19.6 Å². The topological polar surface area (TPSA) is 58.4 Å². The Balaban J connectivity index is 1.46. The van der Waals surface area contributed by atoms with Gasteiger partial charge in [0.1, 0.15) is 0 Å². The molecule has 0 aromatic carbocycles. The van der Waals surface area contributed by atoms with Crippen molar-refractivity contribution in [3.05, 3.63) is 28.6 Å². The Kier molecular flexibility index (Phi) is 3.68. The summed E-state index contributed by atoms with van der Waals surface area (Å²) < 4.78 is 5.28. The first-order valence-electron chi connectivity index (χ1n) is 7.44. The zero-order chi connectivity index (χ0) is 15.1. The lowest BCUT2D eigenvalue weighted by Gasteiger charge is -2.44. The number of fused-ring (bicyclic) bond motifs is 3. The van der Waals surface area contributed by atoms with Crippen LogP contribution in [0, 0.1) is 5.92 Å². The normalized spacial score (nSPS) is 27.0. The predicted molar refractivity (Wildman–Crippen MR) is 85.2 cm³/mol. The van der Waals surface area contributed by atoms with Crippen molar-refractivity contribution in [2.45, 2.75) is 18.9 Å². The molecule has 0 spiro atoms. The quantitative estimate of drug-likeness (QED) is 0.935. The second kappa shape index (κ2) is 5.68. The number of aromatic nitrogens is 1. The molecule has 0 radical (unpaired) electrons. The van der Waals surface area contributed by atoms with E-state index in [2.05, 4.69) is 15.2 Å². The molecule has 2 bridgehead atoms. The summed E-state index contributed by atoms with van der Waals surface area (Å²) in [5.41, 5.74) is 0. The largest absolute Gasteiger partial charge is 0.427 e. The minimum absolute atomic E-state index is 0.000567. The number of oxazole rings is 1. The third-order valence-corrected chi connectivity index (χ3v) is 5.80. The molecule has 1 amide bonds. The fourth-order valence-electron chi connectivity index (χ4n) is 3.33. The lowest BCUT2D eigenvalue weighted by Crippen LogP contribution is -2.57. The van der Waals surface area contributed by atoms with Crippen LogP contribution in [0.2, 0.25) is 5.35 Å². The molecule has 1 N–H and O–H groups in total. The van der Waals surface area contributed by atoms with Crippen LogP contribution in [0.15, 0.2) is 22.7 Å². The van der Waals surface area contributed by atoms with Crippen molar-refractivity contribution in [1.29, 1.82) is 0 Å². The van der Waals surface area contributed by atoms with E-state index in [1.54, 1.807) is 6.20 Å². The molecule has 2 aromatic rings. The molecule has 0 aliphatic carbocycles. The maximum Gasteiger partial charge on any atom is 0.292 e. The molecular weight excluding hydrogens is 322 g/mol. The fraction of sp³-hybridized carbons (Fsp3) is 0.467. The maximum atomic E-state index is 12.4. The van der Waals surface area contributed by atoms with E-state index < -0.39 is 0 Å². The molecule has 0 saturated carbocycles. The molecule has 3 aliphatic heterocycles. The summed E-state index contributed by atoms with van der Waals surface area (Å²) in [7, 11) is 0. The predicted octanol–water partition coefficient (Wildman–Crippen LogP) is 2.88. The molecule has 7 heteroatoms. The summed E-state index contributed by atoms with van der Waals surface area (Å²) in [6, 6.07) is 3.97. The van der Waals surface area contributed by atoms with Crippen molar-refractivity contribution in [3.63, 3.8) is 0 Å². The molecule has 2 aromatic heterocycles. The average Bonchev–Trinajstić information content (AvgIpc) is 3.17. The van der Waals surface area contributed by atoms with Crippen molar-refractivity contribution < 1.29 is 9.21 Å². The van der Waals surface area contributed by atoms with Crippen molar-refractivity contribution >= 4 is 28.8 Å². The summed E-state index contributed by atoms with van der Waals surface area (Å²) in [6.45, 7) is 3.32.